The molecule has 2 unspecified atom stereocenters. The lowest BCUT2D eigenvalue weighted by Crippen LogP contribution is -2.52. The van der Waals surface area contributed by atoms with Crippen molar-refractivity contribution < 1.29 is 4.79 Å². The van der Waals surface area contributed by atoms with Gasteiger partial charge in [-0.1, -0.05) is 33.1 Å². The first-order valence-corrected chi connectivity index (χ1v) is 8.26. The molecule has 2 heterocycles. The number of carbonyl (C=O) groups is 1. The third-order valence-corrected chi connectivity index (χ3v) is 5.01. The minimum Gasteiger partial charge on any atom is -0.341 e. The van der Waals surface area contributed by atoms with E-state index >= 15 is 0 Å². The van der Waals surface area contributed by atoms with Crippen LogP contribution in [0.1, 0.15) is 58.8 Å². The van der Waals surface area contributed by atoms with E-state index in [1.165, 1.54) is 38.5 Å². The Morgan fingerprint density at radius 1 is 1.16 bits per heavy atom. The third-order valence-electron chi connectivity index (χ3n) is 5.01. The predicted octanol–water partition coefficient (Wildman–Crippen LogP) is 2.80. The Bertz CT molecular complexity index is 284. The molecule has 0 aliphatic carbocycles. The Labute approximate surface area is 118 Å². The van der Waals surface area contributed by atoms with E-state index in [2.05, 4.69) is 24.1 Å². The molecule has 2 atom stereocenters. The fraction of sp³-hybridized carbons (Fsp3) is 0.938. The molecule has 19 heavy (non-hydrogen) atoms. The van der Waals surface area contributed by atoms with Gasteiger partial charge in [0.15, 0.2) is 0 Å². The largest absolute Gasteiger partial charge is 0.341 e. The molecule has 0 bridgehead atoms. The van der Waals surface area contributed by atoms with Crippen LogP contribution in [0.4, 0.5) is 0 Å². The molecule has 2 aliphatic rings. The molecule has 1 N–H and O–H groups in total. The number of piperidine rings is 2. The predicted molar refractivity (Wildman–Crippen MR) is 79.0 cm³/mol. The number of nitrogens with zero attached hydrogens (tertiary/aromatic N) is 1. The van der Waals surface area contributed by atoms with Crippen molar-refractivity contribution in [2.75, 3.05) is 19.6 Å². The van der Waals surface area contributed by atoms with Gasteiger partial charge in [0.25, 0.3) is 0 Å². The number of hydrogen-bond acceptors (Lipinski definition) is 2. The average Bonchev–Trinajstić information content (AvgIpc) is 2.48. The van der Waals surface area contributed by atoms with Crippen LogP contribution in [0, 0.1) is 11.8 Å². The van der Waals surface area contributed by atoms with Gasteiger partial charge >= 0.3 is 0 Å². The Morgan fingerprint density at radius 2 is 1.89 bits per heavy atom. The summed E-state index contributed by atoms with van der Waals surface area (Å²) < 4.78 is 0. The molecule has 2 aliphatic heterocycles. The second kappa shape index (κ2) is 7.28. The third kappa shape index (κ3) is 3.95. The van der Waals surface area contributed by atoms with Crippen LogP contribution in [-0.4, -0.2) is 36.5 Å². The molecule has 3 heteroatoms. The lowest BCUT2D eigenvalue weighted by molar-refractivity contribution is -0.135. The molecule has 3 nitrogen and oxygen atoms in total. The quantitative estimate of drug-likeness (QED) is 0.848. The van der Waals surface area contributed by atoms with Crippen molar-refractivity contribution in [3.8, 4) is 0 Å². The summed E-state index contributed by atoms with van der Waals surface area (Å²) in [6.45, 7) is 7.49. The van der Waals surface area contributed by atoms with Crippen molar-refractivity contribution in [2.45, 2.75) is 64.8 Å². The van der Waals surface area contributed by atoms with Gasteiger partial charge in [-0.05, 0) is 44.1 Å². The van der Waals surface area contributed by atoms with Crippen LogP contribution in [-0.2, 0) is 4.79 Å². The van der Waals surface area contributed by atoms with Crippen molar-refractivity contribution in [2.24, 2.45) is 11.8 Å². The molecule has 2 saturated heterocycles. The topological polar surface area (TPSA) is 32.3 Å². The Morgan fingerprint density at radius 3 is 2.53 bits per heavy atom. The fourth-order valence-electron chi connectivity index (χ4n) is 3.63. The maximum absolute atomic E-state index is 12.5. The number of amides is 1. The number of hydrogen-bond donors (Lipinski definition) is 1. The lowest BCUT2D eigenvalue weighted by Gasteiger charge is -2.37. The zero-order valence-electron chi connectivity index (χ0n) is 12.7. The van der Waals surface area contributed by atoms with Crippen LogP contribution < -0.4 is 5.32 Å². The van der Waals surface area contributed by atoms with Crippen LogP contribution in [0.5, 0.6) is 0 Å². The first-order valence-electron chi connectivity index (χ1n) is 8.26. The molecular weight excluding hydrogens is 236 g/mol. The zero-order chi connectivity index (χ0) is 13.7. The molecule has 0 spiro atoms. The summed E-state index contributed by atoms with van der Waals surface area (Å²) in [5, 5.41) is 3.43. The van der Waals surface area contributed by atoms with Crippen LogP contribution in [0.3, 0.4) is 0 Å². The van der Waals surface area contributed by atoms with Crippen molar-refractivity contribution in [1.29, 1.82) is 0 Å². The Balaban J connectivity index is 1.80. The maximum atomic E-state index is 12.5. The summed E-state index contributed by atoms with van der Waals surface area (Å²) in [6.07, 6.45) is 8.53. The maximum Gasteiger partial charge on any atom is 0.239 e. The molecule has 0 aromatic heterocycles. The van der Waals surface area contributed by atoms with Gasteiger partial charge in [0, 0.05) is 13.1 Å². The molecular formula is C16H30N2O. The van der Waals surface area contributed by atoms with Crippen LogP contribution in [0.15, 0.2) is 0 Å². The van der Waals surface area contributed by atoms with E-state index in [1.54, 1.807) is 0 Å². The molecule has 2 fully saturated rings. The number of carbonyl (C=O) groups excluding carboxylic acids is 1. The molecule has 0 aromatic rings. The van der Waals surface area contributed by atoms with E-state index < -0.39 is 0 Å². The van der Waals surface area contributed by atoms with Crippen molar-refractivity contribution in [1.82, 2.24) is 10.2 Å². The van der Waals surface area contributed by atoms with Gasteiger partial charge in [0.2, 0.25) is 5.91 Å². The van der Waals surface area contributed by atoms with Crippen molar-refractivity contribution in [3.05, 3.63) is 0 Å². The van der Waals surface area contributed by atoms with Gasteiger partial charge in [0.05, 0.1) is 6.04 Å². The van der Waals surface area contributed by atoms with Crippen LogP contribution in [0.25, 0.3) is 0 Å². The average molecular weight is 266 g/mol. The number of rotatable bonds is 4. The van der Waals surface area contributed by atoms with E-state index in [9.17, 15) is 4.79 Å². The first-order chi connectivity index (χ1) is 9.24. The number of likely N-dealkylation sites (tertiary alicyclic amines) is 1. The summed E-state index contributed by atoms with van der Waals surface area (Å²) in [6, 6.07) is 0.0985. The van der Waals surface area contributed by atoms with Crippen LogP contribution >= 0.6 is 0 Å². The fourth-order valence-corrected chi connectivity index (χ4v) is 3.63. The highest BCUT2D eigenvalue weighted by Crippen LogP contribution is 2.24. The SMILES string of the molecule is CCCC1CCN(C(=O)C2CC(CC)CCN2)CC1. The number of nitrogens with one attached hydrogen (secondary N) is 1. The van der Waals surface area contributed by atoms with E-state index in [4.69, 9.17) is 0 Å². The van der Waals surface area contributed by atoms with Gasteiger partial charge in [-0.15, -0.1) is 0 Å². The summed E-state index contributed by atoms with van der Waals surface area (Å²) >= 11 is 0. The van der Waals surface area contributed by atoms with Gasteiger partial charge in [-0.25, -0.2) is 0 Å². The van der Waals surface area contributed by atoms with E-state index in [0.29, 0.717) is 5.91 Å². The molecule has 1 amide bonds. The van der Waals surface area contributed by atoms with E-state index in [0.717, 1.165) is 37.9 Å². The summed E-state index contributed by atoms with van der Waals surface area (Å²) in [7, 11) is 0. The van der Waals surface area contributed by atoms with Crippen molar-refractivity contribution >= 4 is 5.91 Å². The zero-order valence-corrected chi connectivity index (χ0v) is 12.7. The smallest absolute Gasteiger partial charge is 0.239 e. The van der Waals surface area contributed by atoms with E-state index in [-0.39, 0.29) is 6.04 Å². The van der Waals surface area contributed by atoms with Gasteiger partial charge in [-0.3, -0.25) is 4.79 Å². The second-order valence-corrected chi connectivity index (χ2v) is 6.36. The van der Waals surface area contributed by atoms with E-state index in [1.807, 2.05) is 0 Å². The highest BCUT2D eigenvalue weighted by molar-refractivity contribution is 5.82. The monoisotopic (exact) mass is 266 g/mol. The van der Waals surface area contributed by atoms with Gasteiger partial charge in [-0.2, -0.15) is 0 Å². The Kier molecular flexibility index (Phi) is 5.68. The molecule has 0 aromatic carbocycles. The molecule has 2 rings (SSSR count). The van der Waals surface area contributed by atoms with Crippen molar-refractivity contribution in [3.63, 3.8) is 0 Å². The van der Waals surface area contributed by atoms with Gasteiger partial charge in [0.1, 0.15) is 0 Å². The van der Waals surface area contributed by atoms with Gasteiger partial charge < -0.3 is 10.2 Å². The minimum absolute atomic E-state index is 0.0985. The summed E-state index contributed by atoms with van der Waals surface area (Å²) in [5.74, 6) is 1.97. The molecule has 0 radical (unpaired) electrons. The summed E-state index contributed by atoms with van der Waals surface area (Å²) in [5.41, 5.74) is 0. The lowest BCUT2D eigenvalue weighted by atomic mass is 9.88. The normalized spacial score (nSPS) is 29.5. The Hall–Kier alpha value is -0.570. The minimum atomic E-state index is 0.0985. The summed E-state index contributed by atoms with van der Waals surface area (Å²) in [4.78, 5) is 14.7. The molecule has 0 saturated carbocycles. The highest BCUT2D eigenvalue weighted by Gasteiger charge is 2.31. The highest BCUT2D eigenvalue weighted by atomic mass is 16.2. The standard InChI is InChI=1S/C16H30N2O/c1-3-5-14-7-10-18(11-8-14)16(19)15-12-13(4-2)6-9-17-15/h13-15,17H,3-12H2,1-2H3. The second-order valence-electron chi connectivity index (χ2n) is 6.36. The van der Waals surface area contributed by atoms with Crippen LogP contribution in [0.2, 0.25) is 0 Å². The molecule has 110 valence electrons. The first kappa shape index (κ1) is 14.8.